The van der Waals surface area contributed by atoms with Crippen molar-refractivity contribution < 1.29 is 9.50 Å². The second-order valence-corrected chi connectivity index (χ2v) is 6.04. The van der Waals surface area contributed by atoms with Crippen LogP contribution in [-0.4, -0.2) is 19.9 Å². The van der Waals surface area contributed by atoms with Crippen molar-refractivity contribution in [3.63, 3.8) is 0 Å². The molecule has 4 nitrogen and oxygen atoms in total. The maximum Gasteiger partial charge on any atom is 0.141 e. The number of aliphatic hydroxyl groups is 1. The second kappa shape index (κ2) is 5.56. The van der Waals surface area contributed by atoms with Crippen molar-refractivity contribution in [3.05, 3.63) is 47.8 Å². The number of pyridine rings is 1. The second-order valence-electron chi connectivity index (χ2n) is 6.04. The normalized spacial score (nSPS) is 18.8. The number of rotatable bonds is 4. The molecule has 0 aromatic carbocycles. The van der Waals surface area contributed by atoms with Crippen LogP contribution in [0.15, 0.2) is 30.6 Å². The first-order chi connectivity index (χ1) is 10.0. The van der Waals surface area contributed by atoms with Gasteiger partial charge in [0.05, 0.1) is 23.6 Å². The van der Waals surface area contributed by atoms with E-state index in [4.69, 9.17) is 0 Å². The molecule has 0 saturated heterocycles. The van der Waals surface area contributed by atoms with E-state index in [1.807, 2.05) is 16.9 Å². The van der Waals surface area contributed by atoms with Gasteiger partial charge in [-0.3, -0.25) is 9.67 Å². The Morgan fingerprint density at radius 3 is 2.76 bits per heavy atom. The first-order valence-corrected chi connectivity index (χ1v) is 7.43. The number of nitrogens with zero attached hydrogens (tertiary/aromatic N) is 3. The van der Waals surface area contributed by atoms with Gasteiger partial charge in [0.15, 0.2) is 0 Å². The Morgan fingerprint density at radius 2 is 2.10 bits per heavy atom. The van der Waals surface area contributed by atoms with Gasteiger partial charge < -0.3 is 5.11 Å². The molecule has 1 fully saturated rings. The van der Waals surface area contributed by atoms with E-state index in [9.17, 15) is 9.50 Å². The lowest BCUT2D eigenvalue weighted by Crippen LogP contribution is -2.26. The highest BCUT2D eigenvalue weighted by Gasteiger charge is 2.27. The molecule has 1 aliphatic carbocycles. The van der Waals surface area contributed by atoms with Gasteiger partial charge in [-0.1, -0.05) is 12.8 Å². The summed E-state index contributed by atoms with van der Waals surface area (Å²) >= 11 is 0. The van der Waals surface area contributed by atoms with Crippen molar-refractivity contribution in [1.82, 2.24) is 14.8 Å². The van der Waals surface area contributed by atoms with E-state index in [0.717, 1.165) is 11.9 Å². The predicted molar refractivity (Wildman–Crippen MR) is 77.2 cm³/mol. The van der Waals surface area contributed by atoms with Gasteiger partial charge in [0.1, 0.15) is 11.4 Å². The van der Waals surface area contributed by atoms with E-state index < -0.39 is 11.4 Å². The van der Waals surface area contributed by atoms with Crippen molar-refractivity contribution in [2.45, 2.75) is 50.7 Å². The molecule has 0 aliphatic heterocycles. The third kappa shape index (κ3) is 3.13. The lowest BCUT2D eigenvalue weighted by molar-refractivity contribution is 0.0516. The lowest BCUT2D eigenvalue weighted by Gasteiger charge is -2.21. The smallest absolute Gasteiger partial charge is 0.141 e. The lowest BCUT2D eigenvalue weighted by atomic mass is 9.96. The first-order valence-electron chi connectivity index (χ1n) is 7.43. The Morgan fingerprint density at radius 1 is 1.33 bits per heavy atom. The van der Waals surface area contributed by atoms with E-state index in [1.165, 1.54) is 37.8 Å². The van der Waals surface area contributed by atoms with Crippen LogP contribution in [0.2, 0.25) is 0 Å². The van der Waals surface area contributed by atoms with Gasteiger partial charge in [-0.05, 0) is 38.0 Å². The van der Waals surface area contributed by atoms with Crippen LogP contribution in [0.3, 0.4) is 0 Å². The summed E-state index contributed by atoms with van der Waals surface area (Å²) in [6, 6.07) is 5.26. The monoisotopic (exact) mass is 289 g/mol. The molecule has 112 valence electrons. The molecule has 1 aliphatic rings. The fourth-order valence-electron chi connectivity index (χ4n) is 2.98. The quantitative estimate of drug-likeness (QED) is 0.941. The summed E-state index contributed by atoms with van der Waals surface area (Å²) < 4.78 is 14.9. The Labute approximate surface area is 123 Å². The summed E-state index contributed by atoms with van der Waals surface area (Å²) in [5, 5.41) is 15.1. The third-order valence-electron chi connectivity index (χ3n) is 4.17. The number of hydrogen-bond donors (Lipinski definition) is 1. The van der Waals surface area contributed by atoms with Gasteiger partial charge >= 0.3 is 0 Å². The van der Waals surface area contributed by atoms with E-state index in [-0.39, 0.29) is 0 Å². The summed E-state index contributed by atoms with van der Waals surface area (Å²) in [6.45, 7) is 1.68. The van der Waals surface area contributed by atoms with Crippen LogP contribution in [-0.2, 0) is 12.0 Å². The van der Waals surface area contributed by atoms with E-state index in [2.05, 4.69) is 10.1 Å². The van der Waals surface area contributed by atoms with Crippen LogP contribution >= 0.6 is 0 Å². The van der Waals surface area contributed by atoms with Crippen LogP contribution in [0.25, 0.3) is 0 Å². The maximum atomic E-state index is 12.9. The zero-order valence-electron chi connectivity index (χ0n) is 12.2. The maximum absolute atomic E-state index is 12.9. The van der Waals surface area contributed by atoms with Crippen LogP contribution in [0.5, 0.6) is 0 Å². The van der Waals surface area contributed by atoms with Gasteiger partial charge in [0, 0.05) is 12.6 Å². The van der Waals surface area contributed by atoms with Crippen molar-refractivity contribution >= 4 is 0 Å². The summed E-state index contributed by atoms with van der Waals surface area (Å²) in [7, 11) is 0. The van der Waals surface area contributed by atoms with Gasteiger partial charge in [0.25, 0.3) is 0 Å². The fraction of sp³-hybridized carbons (Fsp3) is 0.500. The number of halogens is 1. The van der Waals surface area contributed by atoms with E-state index in [1.54, 1.807) is 6.92 Å². The third-order valence-corrected chi connectivity index (χ3v) is 4.17. The molecule has 1 atom stereocenters. The van der Waals surface area contributed by atoms with Crippen LogP contribution in [0.4, 0.5) is 4.39 Å². The Balaban J connectivity index is 1.74. The molecule has 21 heavy (non-hydrogen) atoms. The number of aromatic nitrogens is 3. The molecule has 3 rings (SSSR count). The van der Waals surface area contributed by atoms with Crippen LogP contribution < -0.4 is 0 Å². The highest BCUT2D eigenvalue weighted by Crippen LogP contribution is 2.29. The molecular formula is C16H20FN3O. The largest absolute Gasteiger partial charge is 0.383 e. The summed E-state index contributed by atoms with van der Waals surface area (Å²) in [4.78, 5) is 3.97. The average Bonchev–Trinajstić information content (AvgIpc) is 3.09. The molecule has 2 heterocycles. The molecule has 0 spiro atoms. The highest BCUT2D eigenvalue weighted by atomic mass is 19.1. The fourth-order valence-corrected chi connectivity index (χ4v) is 2.98. The first kappa shape index (κ1) is 14.2. The van der Waals surface area contributed by atoms with Gasteiger partial charge in [-0.25, -0.2) is 4.39 Å². The minimum absolute atomic E-state index is 0.366. The SMILES string of the molecule is CC(O)(Cc1ccn(C2CCCC2)n1)c1ccc(F)cn1. The molecule has 1 unspecified atom stereocenters. The molecular weight excluding hydrogens is 269 g/mol. The van der Waals surface area contributed by atoms with Gasteiger partial charge in [-0.15, -0.1) is 0 Å². The van der Waals surface area contributed by atoms with Crippen LogP contribution in [0, 0.1) is 5.82 Å². The average molecular weight is 289 g/mol. The van der Waals surface area contributed by atoms with Crippen molar-refractivity contribution in [3.8, 4) is 0 Å². The minimum atomic E-state index is -1.15. The molecule has 5 heteroatoms. The molecule has 2 aromatic heterocycles. The van der Waals surface area contributed by atoms with E-state index >= 15 is 0 Å². The van der Waals surface area contributed by atoms with Crippen molar-refractivity contribution in [2.75, 3.05) is 0 Å². The summed E-state index contributed by atoms with van der Waals surface area (Å²) in [6.07, 6.45) is 8.36. The zero-order valence-corrected chi connectivity index (χ0v) is 12.2. The summed E-state index contributed by atoms with van der Waals surface area (Å²) in [5.41, 5.74) is 0.139. The molecule has 2 aromatic rings. The minimum Gasteiger partial charge on any atom is -0.383 e. The van der Waals surface area contributed by atoms with E-state index in [0.29, 0.717) is 18.2 Å². The molecule has 0 amide bonds. The standard InChI is InChI=1S/C16H20FN3O/c1-16(21,15-7-6-12(17)11-18-15)10-13-8-9-20(19-13)14-4-2-3-5-14/h6-9,11,14,21H,2-5,10H2,1H3. The van der Waals surface area contributed by atoms with Crippen molar-refractivity contribution in [2.24, 2.45) is 0 Å². The molecule has 0 radical (unpaired) electrons. The Kier molecular flexibility index (Phi) is 3.76. The molecule has 1 saturated carbocycles. The topological polar surface area (TPSA) is 50.9 Å². The zero-order chi connectivity index (χ0) is 14.9. The Bertz CT molecular complexity index is 600. The van der Waals surface area contributed by atoms with Crippen LogP contribution in [0.1, 0.15) is 50.0 Å². The molecule has 1 N–H and O–H groups in total. The Hall–Kier alpha value is -1.75. The predicted octanol–water partition coefficient (Wildman–Crippen LogP) is 2.98. The number of hydrogen-bond acceptors (Lipinski definition) is 3. The molecule has 0 bridgehead atoms. The highest BCUT2D eigenvalue weighted by molar-refractivity contribution is 5.16. The van der Waals surface area contributed by atoms with Crippen molar-refractivity contribution in [1.29, 1.82) is 0 Å². The van der Waals surface area contributed by atoms with Gasteiger partial charge in [-0.2, -0.15) is 5.10 Å². The summed E-state index contributed by atoms with van der Waals surface area (Å²) in [5.74, 6) is -0.403. The van der Waals surface area contributed by atoms with Gasteiger partial charge in [0.2, 0.25) is 0 Å².